The van der Waals surface area contributed by atoms with Gasteiger partial charge in [-0.15, -0.1) is 11.3 Å². The molecule has 6 nitrogen and oxygen atoms in total. The van der Waals surface area contributed by atoms with Crippen molar-refractivity contribution in [1.29, 1.82) is 5.26 Å². The van der Waals surface area contributed by atoms with E-state index < -0.39 is 11.9 Å². The lowest BCUT2D eigenvalue weighted by Crippen LogP contribution is -2.16. The number of esters is 1. The summed E-state index contributed by atoms with van der Waals surface area (Å²) in [7, 11) is 0. The number of rotatable bonds is 6. The molecule has 2 aromatic heterocycles. The average Bonchev–Trinajstić information content (AvgIpc) is 3.20. The second kappa shape index (κ2) is 9.67. The lowest BCUT2D eigenvalue weighted by molar-refractivity contribution is -0.112. The van der Waals surface area contributed by atoms with Crippen LogP contribution in [0.3, 0.4) is 0 Å². The summed E-state index contributed by atoms with van der Waals surface area (Å²) in [5, 5.41) is 12.8. The molecule has 0 saturated carbocycles. The molecule has 0 atom stereocenters. The molecule has 32 heavy (non-hydrogen) atoms. The van der Waals surface area contributed by atoms with E-state index in [9.17, 15) is 14.9 Å². The summed E-state index contributed by atoms with van der Waals surface area (Å²) in [6.07, 6.45) is 1.58. The number of carbonyl (C=O) groups is 2. The van der Waals surface area contributed by atoms with Crippen LogP contribution < -0.4 is 5.32 Å². The van der Waals surface area contributed by atoms with Crippen LogP contribution in [0.2, 0.25) is 0 Å². The van der Waals surface area contributed by atoms with Crippen LogP contribution in [-0.2, 0) is 9.53 Å². The lowest BCUT2D eigenvalue weighted by atomic mass is 10.1. The molecule has 3 rings (SSSR count). The number of anilines is 1. The van der Waals surface area contributed by atoms with Crippen molar-refractivity contribution in [3.63, 3.8) is 0 Å². The quantitative estimate of drug-likeness (QED) is 0.307. The molecule has 3 aromatic rings. The number of benzene rings is 1. The SMILES string of the molecule is CCOC(=O)c1c(NC(=O)C(C#N)=Cc2cc(C)n(-c3ccccc3)c2C)sc(C)c1C. The number of amides is 1. The first-order chi connectivity index (χ1) is 15.3. The number of hydrogen-bond donors (Lipinski definition) is 1. The Kier molecular flexibility index (Phi) is 6.96. The van der Waals surface area contributed by atoms with Crippen LogP contribution in [0.15, 0.2) is 42.0 Å². The largest absolute Gasteiger partial charge is 0.462 e. The Morgan fingerprint density at radius 2 is 1.88 bits per heavy atom. The number of nitriles is 1. The summed E-state index contributed by atoms with van der Waals surface area (Å²) in [6, 6.07) is 13.8. The molecule has 0 spiro atoms. The van der Waals surface area contributed by atoms with E-state index in [4.69, 9.17) is 4.74 Å². The van der Waals surface area contributed by atoms with Gasteiger partial charge >= 0.3 is 5.97 Å². The van der Waals surface area contributed by atoms with Crippen molar-refractivity contribution in [1.82, 2.24) is 4.57 Å². The van der Waals surface area contributed by atoms with Crippen LogP contribution in [0.25, 0.3) is 11.8 Å². The number of para-hydroxylation sites is 1. The van der Waals surface area contributed by atoms with Gasteiger partial charge in [-0.3, -0.25) is 4.79 Å². The topological polar surface area (TPSA) is 84.1 Å². The predicted octanol–water partition coefficient (Wildman–Crippen LogP) is 5.49. The van der Waals surface area contributed by atoms with E-state index in [0.29, 0.717) is 10.6 Å². The highest BCUT2D eigenvalue weighted by molar-refractivity contribution is 7.16. The number of ether oxygens (including phenoxy) is 1. The van der Waals surface area contributed by atoms with Gasteiger partial charge in [0.1, 0.15) is 16.6 Å². The minimum Gasteiger partial charge on any atom is -0.462 e. The van der Waals surface area contributed by atoms with Gasteiger partial charge in [0.15, 0.2) is 0 Å². The number of nitrogens with zero attached hydrogens (tertiary/aromatic N) is 2. The molecule has 0 aliphatic rings. The molecule has 1 N–H and O–H groups in total. The first-order valence-corrected chi connectivity index (χ1v) is 11.0. The Morgan fingerprint density at radius 1 is 1.19 bits per heavy atom. The Hall–Kier alpha value is -3.63. The molecule has 7 heteroatoms. The fraction of sp³-hybridized carbons (Fsp3) is 0.240. The van der Waals surface area contributed by atoms with Crippen molar-refractivity contribution in [2.45, 2.75) is 34.6 Å². The van der Waals surface area contributed by atoms with E-state index in [1.165, 1.54) is 11.3 Å². The van der Waals surface area contributed by atoms with Crippen molar-refractivity contribution in [2.75, 3.05) is 11.9 Å². The van der Waals surface area contributed by atoms with Crippen LogP contribution in [0.1, 0.15) is 44.7 Å². The maximum absolute atomic E-state index is 12.9. The Morgan fingerprint density at radius 3 is 2.50 bits per heavy atom. The highest BCUT2D eigenvalue weighted by Crippen LogP contribution is 2.33. The number of carbonyl (C=O) groups excluding carboxylic acids is 2. The fourth-order valence-electron chi connectivity index (χ4n) is 3.55. The molecule has 0 radical (unpaired) electrons. The van der Waals surface area contributed by atoms with Gasteiger partial charge < -0.3 is 14.6 Å². The maximum Gasteiger partial charge on any atom is 0.341 e. The van der Waals surface area contributed by atoms with E-state index in [0.717, 1.165) is 33.1 Å². The van der Waals surface area contributed by atoms with Gasteiger partial charge in [-0.2, -0.15) is 5.26 Å². The van der Waals surface area contributed by atoms with E-state index in [1.807, 2.05) is 70.2 Å². The molecular formula is C25H25N3O3S. The number of thiophene rings is 1. The van der Waals surface area contributed by atoms with Gasteiger partial charge in [-0.25, -0.2) is 4.79 Å². The van der Waals surface area contributed by atoms with Gasteiger partial charge in [0.05, 0.1) is 12.2 Å². The summed E-state index contributed by atoms with van der Waals surface area (Å²) in [6.45, 7) is 9.58. The summed E-state index contributed by atoms with van der Waals surface area (Å²) in [5.41, 5.74) is 4.75. The Balaban J connectivity index is 1.94. The zero-order valence-electron chi connectivity index (χ0n) is 18.8. The normalized spacial score (nSPS) is 11.2. The number of aryl methyl sites for hydroxylation is 2. The van der Waals surface area contributed by atoms with E-state index in [2.05, 4.69) is 9.88 Å². The summed E-state index contributed by atoms with van der Waals surface area (Å²) in [4.78, 5) is 26.2. The van der Waals surface area contributed by atoms with Gasteiger partial charge in [0.2, 0.25) is 0 Å². The molecule has 1 aromatic carbocycles. The third-order valence-electron chi connectivity index (χ3n) is 5.24. The summed E-state index contributed by atoms with van der Waals surface area (Å²) >= 11 is 1.29. The molecule has 1 amide bonds. The zero-order valence-corrected chi connectivity index (χ0v) is 19.6. The van der Waals surface area contributed by atoms with Crippen LogP contribution in [0, 0.1) is 39.0 Å². The number of aromatic nitrogens is 1. The van der Waals surface area contributed by atoms with E-state index >= 15 is 0 Å². The third kappa shape index (κ3) is 4.51. The zero-order chi connectivity index (χ0) is 23.4. The molecule has 2 heterocycles. The van der Waals surface area contributed by atoms with Crippen molar-refractivity contribution in [2.24, 2.45) is 0 Å². The summed E-state index contributed by atoms with van der Waals surface area (Å²) < 4.78 is 7.21. The molecule has 0 saturated heterocycles. The lowest BCUT2D eigenvalue weighted by Gasteiger charge is -2.09. The van der Waals surface area contributed by atoms with Crippen molar-refractivity contribution >= 4 is 34.3 Å². The fourth-order valence-corrected chi connectivity index (χ4v) is 4.59. The van der Waals surface area contributed by atoms with Crippen LogP contribution in [0.4, 0.5) is 5.00 Å². The van der Waals surface area contributed by atoms with Crippen LogP contribution in [-0.4, -0.2) is 23.1 Å². The predicted molar refractivity (Wildman–Crippen MR) is 127 cm³/mol. The second-order valence-corrected chi connectivity index (χ2v) is 8.55. The molecule has 0 aliphatic heterocycles. The molecule has 0 bridgehead atoms. The highest BCUT2D eigenvalue weighted by atomic mass is 32.1. The van der Waals surface area contributed by atoms with Crippen molar-refractivity contribution < 1.29 is 14.3 Å². The molecule has 0 aliphatic carbocycles. The van der Waals surface area contributed by atoms with Gasteiger partial charge in [-0.05, 0) is 70.0 Å². The van der Waals surface area contributed by atoms with Crippen molar-refractivity contribution in [3.05, 3.63) is 74.9 Å². The summed E-state index contributed by atoms with van der Waals surface area (Å²) in [5.74, 6) is -1.05. The van der Waals surface area contributed by atoms with Crippen LogP contribution in [0.5, 0.6) is 0 Å². The Bertz CT molecular complexity index is 1240. The Labute approximate surface area is 191 Å². The number of hydrogen-bond acceptors (Lipinski definition) is 5. The first-order valence-electron chi connectivity index (χ1n) is 10.2. The van der Waals surface area contributed by atoms with E-state index in [-0.39, 0.29) is 12.2 Å². The monoisotopic (exact) mass is 447 g/mol. The number of nitrogens with one attached hydrogen (secondary N) is 1. The molecular weight excluding hydrogens is 422 g/mol. The third-order valence-corrected chi connectivity index (χ3v) is 6.36. The van der Waals surface area contributed by atoms with Gasteiger partial charge in [0, 0.05) is 22.0 Å². The molecule has 0 unspecified atom stereocenters. The second-order valence-electron chi connectivity index (χ2n) is 7.33. The maximum atomic E-state index is 12.9. The first kappa shape index (κ1) is 23.0. The van der Waals surface area contributed by atoms with Crippen LogP contribution >= 0.6 is 11.3 Å². The highest BCUT2D eigenvalue weighted by Gasteiger charge is 2.23. The molecule has 164 valence electrons. The van der Waals surface area contributed by atoms with E-state index in [1.54, 1.807) is 13.0 Å². The van der Waals surface area contributed by atoms with Gasteiger partial charge in [-0.1, -0.05) is 18.2 Å². The van der Waals surface area contributed by atoms with Crippen molar-refractivity contribution in [3.8, 4) is 11.8 Å². The van der Waals surface area contributed by atoms with Gasteiger partial charge in [0.25, 0.3) is 5.91 Å². The molecule has 0 fully saturated rings. The smallest absolute Gasteiger partial charge is 0.341 e. The average molecular weight is 448 g/mol. The standard InChI is InChI=1S/C25H25N3O3S/c1-6-31-25(30)22-16(3)18(5)32-24(22)27-23(29)20(14-26)13-19-12-15(2)28(17(19)4)21-10-8-7-9-11-21/h7-13H,6H2,1-5H3,(H,27,29). The minimum absolute atomic E-state index is 0.0446. The minimum atomic E-state index is -0.566.